The SMILES string of the molecule is O=S([O-])[O-].O=S([O-])[O-]. The van der Waals surface area contributed by atoms with E-state index in [1.165, 1.54) is 0 Å². The maximum Gasteiger partial charge on any atom is -0.142 e. The molecule has 0 aliphatic rings. The van der Waals surface area contributed by atoms with Crippen molar-refractivity contribution < 1.29 is 26.6 Å². The summed E-state index contributed by atoms with van der Waals surface area (Å²) in [5.74, 6) is 0. The Morgan fingerprint density at radius 2 is 0.750 bits per heavy atom. The molecule has 0 amide bonds. The second-order valence-corrected chi connectivity index (χ2v) is 1.22. The van der Waals surface area contributed by atoms with E-state index in [4.69, 9.17) is 26.6 Å². The van der Waals surface area contributed by atoms with Gasteiger partial charge in [0.2, 0.25) is 0 Å². The zero-order valence-electron chi connectivity index (χ0n) is 3.27. The van der Waals surface area contributed by atoms with E-state index >= 15 is 0 Å². The van der Waals surface area contributed by atoms with Crippen LogP contribution in [-0.4, -0.2) is 26.6 Å². The van der Waals surface area contributed by atoms with Crippen molar-refractivity contribution in [3.05, 3.63) is 0 Å². The number of hydrogen-bond donors (Lipinski definition) is 0. The maximum atomic E-state index is 8.44. The minimum atomic E-state index is -3.11. The van der Waals surface area contributed by atoms with Gasteiger partial charge < -0.3 is 18.2 Å². The van der Waals surface area contributed by atoms with Crippen LogP contribution in [0, 0.1) is 0 Å². The Bertz CT molecular complexity index is 64.5. The van der Waals surface area contributed by atoms with E-state index < -0.39 is 22.7 Å². The van der Waals surface area contributed by atoms with Crippen molar-refractivity contribution in [2.75, 3.05) is 0 Å². The van der Waals surface area contributed by atoms with Crippen LogP contribution < -0.4 is 0 Å². The van der Waals surface area contributed by atoms with Gasteiger partial charge in [-0.2, -0.15) is 0 Å². The van der Waals surface area contributed by atoms with Crippen LogP contribution in [0.4, 0.5) is 0 Å². The summed E-state index contributed by atoms with van der Waals surface area (Å²) in [6.45, 7) is 0. The molecule has 0 rings (SSSR count). The summed E-state index contributed by atoms with van der Waals surface area (Å²) in [6.07, 6.45) is 0. The molecule has 0 aromatic rings. The first kappa shape index (κ1) is 11.0. The van der Waals surface area contributed by atoms with Crippen LogP contribution in [-0.2, 0) is 22.7 Å². The lowest BCUT2D eigenvalue weighted by Gasteiger charge is -2.03. The minimum absolute atomic E-state index is 3.11. The zero-order chi connectivity index (χ0) is 7.15. The first-order chi connectivity index (χ1) is 3.46. The molecular weight excluding hydrogens is 160 g/mol. The molecule has 0 unspecified atom stereocenters. The molecule has 0 heterocycles. The van der Waals surface area contributed by atoms with Gasteiger partial charge in [-0.25, -0.2) is 0 Å². The van der Waals surface area contributed by atoms with Gasteiger partial charge >= 0.3 is 0 Å². The quantitative estimate of drug-likeness (QED) is 0.377. The predicted molar refractivity (Wildman–Crippen MR) is 19.4 cm³/mol. The fourth-order valence-corrected chi connectivity index (χ4v) is 0. The van der Waals surface area contributed by atoms with Gasteiger partial charge in [0.1, 0.15) is 0 Å². The van der Waals surface area contributed by atoms with E-state index in [1.807, 2.05) is 0 Å². The predicted octanol–water partition coefficient (Wildman–Crippen LogP) is -2.01. The van der Waals surface area contributed by atoms with Crippen molar-refractivity contribution in [3.8, 4) is 0 Å². The van der Waals surface area contributed by atoms with Gasteiger partial charge in [0.15, 0.2) is 0 Å². The summed E-state index contributed by atoms with van der Waals surface area (Å²) in [6, 6.07) is 0. The van der Waals surface area contributed by atoms with Crippen molar-refractivity contribution in [1.29, 1.82) is 0 Å². The highest BCUT2D eigenvalue weighted by Crippen LogP contribution is 1.43. The second kappa shape index (κ2) is 7.14. The second-order valence-electron chi connectivity index (χ2n) is 0.408. The first-order valence-corrected chi connectivity index (χ1v) is 3.00. The van der Waals surface area contributed by atoms with E-state index in [9.17, 15) is 0 Å². The van der Waals surface area contributed by atoms with Gasteiger partial charge in [0.25, 0.3) is 0 Å². The Morgan fingerprint density at radius 1 is 0.750 bits per heavy atom. The van der Waals surface area contributed by atoms with Gasteiger partial charge in [-0.15, -0.1) is 22.7 Å². The average Bonchev–Trinajstić information content (AvgIpc) is 1.25. The third-order valence-corrected chi connectivity index (χ3v) is 0. The molecule has 8 heteroatoms. The van der Waals surface area contributed by atoms with Crippen LogP contribution in [0.15, 0.2) is 0 Å². The average molecular weight is 160 g/mol. The van der Waals surface area contributed by atoms with Crippen LogP contribution in [0.2, 0.25) is 0 Å². The highest BCUT2D eigenvalue weighted by molar-refractivity contribution is 7.73. The smallest absolute Gasteiger partial charge is 0.142 e. The van der Waals surface area contributed by atoms with Crippen molar-refractivity contribution in [3.63, 3.8) is 0 Å². The molecule has 0 fully saturated rings. The van der Waals surface area contributed by atoms with Crippen LogP contribution in [0.3, 0.4) is 0 Å². The van der Waals surface area contributed by atoms with Crippen LogP contribution in [0.25, 0.3) is 0 Å². The third-order valence-electron chi connectivity index (χ3n) is 0. The van der Waals surface area contributed by atoms with Gasteiger partial charge in [0, 0.05) is 0 Å². The van der Waals surface area contributed by atoms with Crippen LogP contribution >= 0.6 is 0 Å². The largest absolute Gasteiger partial charge is 0.784 e. The Labute approximate surface area is 50.1 Å². The van der Waals surface area contributed by atoms with Crippen LogP contribution in [0.1, 0.15) is 0 Å². The molecule has 8 heavy (non-hydrogen) atoms. The van der Waals surface area contributed by atoms with Crippen LogP contribution in [0.5, 0.6) is 0 Å². The normalized spacial score (nSPS) is 8.75. The van der Waals surface area contributed by atoms with E-state index in [0.717, 1.165) is 0 Å². The molecule has 0 saturated carbocycles. The summed E-state index contributed by atoms with van der Waals surface area (Å²) in [4.78, 5) is 0. The van der Waals surface area contributed by atoms with Crippen molar-refractivity contribution >= 4 is 22.7 Å². The third kappa shape index (κ3) is 8280. The molecule has 0 bridgehead atoms. The maximum absolute atomic E-state index is 8.44. The lowest BCUT2D eigenvalue weighted by atomic mass is 15.8. The zero-order valence-corrected chi connectivity index (χ0v) is 4.90. The lowest BCUT2D eigenvalue weighted by Crippen LogP contribution is -1.76. The van der Waals surface area contributed by atoms with Crippen molar-refractivity contribution in [2.24, 2.45) is 0 Å². The summed E-state index contributed by atoms with van der Waals surface area (Å²) in [7, 11) is 0. The fourth-order valence-electron chi connectivity index (χ4n) is 0. The molecule has 0 saturated heterocycles. The standard InChI is InChI=1S/2H2O3S/c2*1-4(2)3/h2*(H2,1,2,3)/p-4. The Kier molecular flexibility index (Phi) is 9.82. The topological polar surface area (TPSA) is 126 Å². The highest BCUT2D eigenvalue weighted by Gasteiger charge is 1.21. The van der Waals surface area contributed by atoms with Gasteiger partial charge in [-0.05, 0) is 0 Å². The summed E-state index contributed by atoms with van der Waals surface area (Å²) >= 11 is -6.22. The Balaban J connectivity index is 0. The summed E-state index contributed by atoms with van der Waals surface area (Å²) in [5, 5.41) is 0. The molecular formula is O6S2-4. The Morgan fingerprint density at radius 3 is 0.750 bits per heavy atom. The minimum Gasteiger partial charge on any atom is -0.784 e. The molecule has 0 aliphatic heterocycles. The van der Waals surface area contributed by atoms with Gasteiger partial charge in [-0.3, -0.25) is 8.42 Å². The first-order valence-electron chi connectivity index (χ1n) is 1.00. The molecule has 0 atom stereocenters. The van der Waals surface area contributed by atoms with E-state index in [2.05, 4.69) is 0 Å². The van der Waals surface area contributed by atoms with Gasteiger partial charge in [-0.1, -0.05) is 0 Å². The Hall–Kier alpha value is 0.140. The molecule has 0 aromatic carbocycles. The number of hydrogen-bond acceptors (Lipinski definition) is 6. The van der Waals surface area contributed by atoms with Crippen molar-refractivity contribution in [1.82, 2.24) is 0 Å². The van der Waals surface area contributed by atoms with E-state index in [-0.39, 0.29) is 0 Å². The molecule has 52 valence electrons. The fraction of sp³-hybridized carbons (Fsp3) is 0. The van der Waals surface area contributed by atoms with Crippen molar-refractivity contribution in [2.45, 2.75) is 0 Å². The van der Waals surface area contributed by atoms with E-state index in [0.29, 0.717) is 0 Å². The molecule has 0 N–H and O–H groups in total. The lowest BCUT2D eigenvalue weighted by molar-refractivity contribution is 0.417. The summed E-state index contributed by atoms with van der Waals surface area (Å²) in [5.41, 5.74) is 0. The highest BCUT2D eigenvalue weighted by atomic mass is 32.2. The van der Waals surface area contributed by atoms with E-state index in [1.54, 1.807) is 0 Å². The molecule has 0 aromatic heterocycles. The molecule has 0 aliphatic carbocycles. The monoisotopic (exact) mass is 160 g/mol. The van der Waals surface area contributed by atoms with Gasteiger partial charge in [0.05, 0.1) is 0 Å². The summed E-state index contributed by atoms with van der Waals surface area (Å²) < 4.78 is 50.7. The molecule has 6 nitrogen and oxygen atoms in total. The molecule has 0 spiro atoms. The molecule has 0 radical (unpaired) electrons. The number of rotatable bonds is 0.